The van der Waals surface area contributed by atoms with Gasteiger partial charge in [-0.15, -0.1) is 10.2 Å². The SMILES string of the molecule is CC[C@H](C)NCc1cc(C(=O)Nc2cncc(C3(c4nncn4C)CC(C)C3)c2)c2nccn2c1. The van der Waals surface area contributed by atoms with Gasteiger partial charge in [0.15, 0.2) is 0 Å². The van der Waals surface area contributed by atoms with E-state index in [9.17, 15) is 4.79 Å². The number of hydrogen-bond acceptors (Lipinski definition) is 6. The second-order valence-corrected chi connectivity index (χ2v) is 9.89. The quantitative estimate of drug-likeness (QED) is 0.405. The zero-order valence-electron chi connectivity index (χ0n) is 20.7. The molecule has 0 spiro atoms. The van der Waals surface area contributed by atoms with Crippen molar-refractivity contribution in [3.05, 3.63) is 72.0 Å². The normalized spacial score (nSPS) is 20.5. The van der Waals surface area contributed by atoms with Crippen LogP contribution in [0.4, 0.5) is 5.69 Å². The first-order valence-electron chi connectivity index (χ1n) is 12.2. The van der Waals surface area contributed by atoms with Gasteiger partial charge in [0, 0.05) is 44.4 Å². The molecule has 182 valence electrons. The maximum absolute atomic E-state index is 13.4. The van der Waals surface area contributed by atoms with Crippen LogP contribution in [0.25, 0.3) is 5.65 Å². The van der Waals surface area contributed by atoms with Crippen molar-refractivity contribution in [1.29, 1.82) is 0 Å². The fourth-order valence-corrected chi connectivity index (χ4v) is 5.15. The molecule has 9 heteroatoms. The summed E-state index contributed by atoms with van der Waals surface area (Å²) in [5.41, 5.74) is 3.64. The summed E-state index contributed by atoms with van der Waals surface area (Å²) in [6.45, 7) is 7.22. The van der Waals surface area contributed by atoms with Crippen molar-refractivity contribution in [3.8, 4) is 0 Å². The van der Waals surface area contributed by atoms with Crippen LogP contribution in [0.3, 0.4) is 0 Å². The number of amides is 1. The van der Waals surface area contributed by atoms with E-state index in [0.717, 1.165) is 36.2 Å². The Morgan fingerprint density at radius 1 is 1.29 bits per heavy atom. The molecule has 5 rings (SSSR count). The molecule has 1 aliphatic rings. The molecule has 1 aliphatic carbocycles. The number of pyridine rings is 2. The zero-order chi connectivity index (χ0) is 24.6. The van der Waals surface area contributed by atoms with Gasteiger partial charge in [-0.25, -0.2) is 4.98 Å². The summed E-state index contributed by atoms with van der Waals surface area (Å²) >= 11 is 0. The highest BCUT2D eigenvalue weighted by atomic mass is 16.1. The Kier molecular flexibility index (Phi) is 6.10. The van der Waals surface area contributed by atoms with Crippen LogP contribution in [-0.4, -0.2) is 41.1 Å². The van der Waals surface area contributed by atoms with Crippen molar-refractivity contribution >= 4 is 17.2 Å². The summed E-state index contributed by atoms with van der Waals surface area (Å²) in [6.07, 6.45) is 13.9. The summed E-state index contributed by atoms with van der Waals surface area (Å²) < 4.78 is 3.88. The largest absolute Gasteiger partial charge is 0.320 e. The minimum absolute atomic E-state index is 0.208. The molecule has 0 aliphatic heterocycles. The Morgan fingerprint density at radius 2 is 2.11 bits per heavy atom. The summed E-state index contributed by atoms with van der Waals surface area (Å²) in [7, 11) is 1.97. The smallest absolute Gasteiger partial charge is 0.259 e. The van der Waals surface area contributed by atoms with Crippen molar-refractivity contribution in [1.82, 2.24) is 34.4 Å². The predicted molar refractivity (Wildman–Crippen MR) is 134 cm³/mol. The van der Waals surface area contributed by atoms with Gasteiger partial charge in [-0.2, -0.15) is 0 Å². The molecule has 4 aromatic heterocycles. The van der Waals surface area contributed by atoms with Gasteiger partial charge in [-0.1, -0.05) is 13.8 Å². The van der Waals surface area contributed by atoms with Crippen molar-refractivity contribution in [2.75, 3.05) is 5.32 Å². The van der Waals surface area contributed by atoms with Crippen LogP contribution in [0, 0.1) is 5.92 Å². The van der Waals surface area contributed by atoms with Crippen LogP contribution in [0.1, 0.15) is 67.3 Å². The molecular weight excluding hydrogens is 440 g/mol. The van der Waals surface area contributed by atoms with Gasteiger partial charge in [0.1, 0.15) is 17.8 Å². The fraction of sp³-hybridized carbons (Fsp3) is 0.423. The first-order valence-corrected chi connectivity index (χ1v) is 12.2. The lowest BCUT2D eigenvalue weighted by Crippen LogP contribution is -2.43. The molecular formula is C26H32N8O. The predicted octanol–water partition coefficient (Wildman–Crippen LogP) is 3.71. The third-order valence-corrected chi connectivity index (χ3v) is 7.14. The molecule has 0 radical (unpaired) electrons. The first-order chi connectivity index (χ1) is 16.9. The minimum atomic E-state index is -0.240. The Bertz CT molecular complexity index is 1350. The van der Waals surface area contributed by atoms with Crippen molar-refractivity contribution in [2.45, 2.75) is 58.0 Å². The van der Waals surface area contributed by atoms with Gasteiger partial charge in [0.25, 0.3) is 5.91 Å². The van der Waals surface area contributed by atoms with Crippen molar-refractivity contribution in [3.63, 3.8) is 0 Å². The van der Waals surface area contributed by atoms with E-state index >= 15 is 0 Å². The topological polar surface area (TPSA) is 102 Å². The monoisotopic (exact) mass is 472 g/mol. The van der Waals surface area contributed by atoms with Crippen LogP contribution in [0.2, 0.25) is 0 Å². The maximum Gasteiger partial charge on any atom is 0.259 e. The standard InChI is InChI=1S/C26H32N8O/c1-5-18(3)29-12-19-8-22(23-28-6-7-34(23)15-19)24(35)31-21-9-20(13-27-14-21)26(10-17(2)11-26)25-32-30-16-33(25)4/h6-9,13-18,29H,5,10-12H2,1-4H3,(H,31,35)/t17?,18-,26?/m0/s1. The van der Waals surface area contributed by atoms with Gasteiger partial charge in [0.2, 0.25) is 0 Å². The average molecular weight is 473 g/mol. The molecule has 35 heavy (non-hydrogen) atoms. The van der Waals surface area contributed by atoms with E-state index in [1.54, 1.807) is 18.7 Å². The van der Waals surface area contributed by atoms with Gasteiger partial charge in [0.05, 0.1) is 22.9 Å². The van der Waals surface area contributed by atoms with Gasteiger partial charge < -0.3 is 19.6 Å². The number of imidazole rings is 1. The second kappa shape index (κ2) is 9.22. The van der Waals surface area contributed by atoms with E-state index in [1.165, 1.54) is 0 Å². The molecule has 1 fully saturated rings. The van der Waals surface area contributed by atoms with Crippen molar-refractivity contribution < 1.29 is 4.79 Å². The summed E-state index contributed by atoms with van der Waals surface area (Å²) in [6, 6.07) is 4.33. The second-order valence-electron chi connectivity index (χ2n) is 9.89. The van der Waals surface area contributed by atoms with Gasteiger partial charge in [-0.3, -0.25) is 9.78 Å². The lowest BCUT2D eigenvalue weighted by atomic mass is 9.59. The van der Waals surface area contributed by atoms with Crippen LogP contribution in [0.15, 0.2) is 49.4 Å². The number of fused-ring (bicyclic) bond motifs is 1. The lowest BCUT2D eigenvalue weighted by molar-refractivity contribution is 0.102. The molecule has 0 saturated heterocycles. The molecule has 1 atom stereocenters. The molecule has 0 bridgehead atoms. The minimum Gasteiger partial charge on any atom is -0.320 e. The van der Waals surface area contributed by atoms with Crippen LogP contribution in [-0.2, 0) is 19.0 Å². The molecule has 2 N–H and O–H groups in total. The third-order valence-electron chi connectivity index (χ3n) is 7.14. The zero-order valence-corrected chi connectivity index (χ0v) is 20.7. The van der Waals surface area contributed by atoms with E-state index in [-0.39, 0.29) is 11.3 Å². The highest BCUT2D eigenvalue weighted by molar-refractivity contribution is 6.08. The van der Waals surface area contributed by atoms with E-state index < -0.39 is 0 Å². The number of carbonyl (C=O) groups excluding carboxylic acids is 1. The number of nitrogens with one attached hydrogen (secondary N) is 2. The molecule has 0 unspecified atom stereocenters. The van der Waals surface area contributed by atoms with E-state index in [2.05, 4.69) is 51.6 Å². The number of rotatable bonds is 8. The van der Waals surface area contributed by atoms with Crippen LogP contribution < -0.4 is 10.6 Å². The molecule has 1 amide bonds. The van der Waals surface area contributed by atoms with E-state index in [0.29, 0.717) is 35.4 Å². The van der Waals surface area contributed by atoms with Crippen LogP contribution >= 0.6 is 0 Å². The summed E-state index contributed by atoms with van der Waals surface area (Å²) in [5, 5.41) is 15.1. The highest BCUT2D eigenvalue weighted by Gasteiger charge is 2.48. The molecule has 4 aromatic rings. The maximum atomic E-state index is 13.4. The van der Waals surface area contributed by atoms with E-state index in [4.69, 9.17) is 0 Å². The van der Waals surface area contributed by atoms with E-state index in [1.807, 2.05) is 46.7 Å². The molecule has 4 heterocycles. The summed E-state index contributed by atoms with van der Waals surface area (Å²) in [4.78, 5) is 22.3. The Balaban J connectivity index is 1.43. The number of nitrogens with zero attached hydrogens (tertiary/aromatic N) is 6. The van der Waals surface area contributed by atoms with Crippen molar-refractivity contribution in [2.24, 2.45) is 13.0 Å². The Hall–Kier alpha value is -3.59. The van der Waals surface area contributed by atoms with Gasteiger partial charge >= 0.3 is 0 Å². The third kappa shape index (κ3) is 4.32. The number of anilines is 1. The Labute approximate surface area is 205 Å². The van der Waals surface area contributed by atoms with Gasteiger partial charge in [-0.05, 0) is 55.4 Å². The highest BCUT2D eigenvalue weighted by Crippen LogP contribution is 2.51. The molecule has 1 saturated carbocycles. The lowest BCUT2D eigenvalue weighted by Gasteiger charge is -2.45. The number of aromatic nitrogens is 6. The summed E-state index contributed by atoms with van der Waals surface area (Å²) in [5.74, 6) is 1.31. The molecule has 0 aromatic carbocycles. The molecule has 9 nitrogen and oxygen atoms in total. The first kappa shape index (κ1) is 23.2. The number of aryl methyl sites for hydroxylation is 1. The number of carbonyl (C=O) groups is 1. The van der Waals surface area contributed by atoms with Crippen LogP contribution in [0.5, 0.6) is 0 Å². The fourth-order valence-electron chi connectivity index (χ4n) is 5.15. The number of hydrogen-bond donors (Lipinski definition) is 2. The average Bonchev–Trinajstić information content (AvgIpc) is 3.48. The Morgan fingerprint density at radius 3 is 2.83 bits per heavy atom.